The molecule has 1 amide bonds. The number of aliphatic hydroxyl groups excluding tert-OH is 1. The molecular weight excluding hydrogens is 216 g/mol. The molecule has 1 aromatic rings. The minimum absolute atomic E-state index is 0.0460. The molecule has 1 rings (SSSR count). The molecule has 1 atom stereocenters. The molecule has 0 radical (unpaired) electrons. The van der Waals surface area contributed by atoms with Crippen LogP contribution in [0.2, 0.25) is 0 Å². The predicted octanol–water partition coefficient (Wildman–Crippen LogP) is 0.988. The average molecular weight is 232 g/mol. The van der Waals surface area contributed by atoms with Gasteiger partial charge in [0.1, 0.15) is 0 Å². The molecule has 0 bridgehead atoms. The lowest BCUT2D eigenvalue weighted by molar-refractivity contribution is -0.121. The summed E-state index contributed by atoms with van der Waals surface area (Å²) in [6.45, 7) is 1.86. The molecule has 0 saturated heterocycles. The van der Waals surface area contributed by atoms with E-state index in [2.05, 4.69) is 5.32 Å². The van der Waals surface area contributed by atoms with Crippen LogP contribution in [0.5, 0.6) is 0 Å². The maximum absolute atomic E-state index is 11.6. The fourth-order valence-corrected chi connectivity index (χ4v) is 1.44. The number of rotatable bonds is 5. The van der Waals surface area contributed by atoms with E-state index in [9.17, 15) is 4.79 Å². The monoisotopic (exact) mass is 232 g/mol. The first-order valence-corrected chi connectivity index (χ1v) is 5.58. The molecule has 0 fully saturated rings. The van der Waals surface area contributed by atoms with E-state index in [1.165, 1.54) is 0 Å². The molecule has 0 unspecified atom stereocenters. The number of benzene rings is 1. The number of aliphatic hydroxyl groups is 1. The zero-order valence-corrected chi connectivity index (χ0v) is 9.81. The average Bonchev–Trinajstić information content (AvgIpc) is 2.37. The van der Waals surface area contributed by atoms with Gasteiger partial charge in [0.05, 0.1) is 30.7 Å². The Morgan fingerprint density at radius 1 is 1.47 bits per heavy atom. The Balaban J connectivity index is 2.53. The van der Waals surface area contributed by atoms with Gasteiger partial charge in [-0.25, -0.2) is 0 Å². The normalized spacial score (nSPS) is 11.6. The second kappa shape index (κ2) is 6.66. The molecule has 1 aromatic carbocycles. The molecule has 0 aliphatic carbocycles. The second-order valence-electron chi connectivity index (χ2n) is 3.84. The van der Waals surface area contributed by atoms with E-state index in [-0.39, 0.29) is 25.0 Å². The van der Waals surface area contributed by atoms with Gasteiger partial charge in [0.15, 0.2) is 0 Å². The summed E-state index contributed by atoms with van der Waals surface area (Å²) >= 11 is 0. The molecule has 0 saturated carbocycles. The topological polar surface area (TPSA) is 73.1 Å². The van der Waals surface area contributed by atoms with E-state index in [1.807, 2.05) is 13.0 Å². The Labute approximate surface area is 101 Å². The van der Waals surface area contributed by atoms with E-state index in [0.717, 1.165) is 5.56 Å². The molecular formula is C13H16N2O2. The van der Waals surface area contributed by atoms with Crippen molar-refractivity contribution >= 4 is 5.91 Å². The summed E-state index contributed by atoms with van der Waals surface area (Å²) in [6.07, 6.45) is 0.970. The van der Waals surface area contributed by atoms with Crippen LogP contribution in [0.25, 0.3) is 0 Å². The fourth-order valence-electron chi connectivity index (χ4n) is 1.44. The lowest BCUT2D eigenvalue weighted by Crippen LogP contribution is -2.37. The second-order valence-corrected chi connectivity index (χ2v) is 3.84. The molecule has 0 aliphatic rings. The van der Waals surface area contributed by atoms with Crippen LogP contribution in [0.1, 0.15) is 24.5 Å². The Morgan fingerprint density at radius 2 is 2.12 bits per heavy atom. The van der Waals surface area contributed by atoms with Gasteiger partial charge in [0.2, 0.25) is 5.91 Å². The first-order valence-electron chi connectivity index (χ1n) is 5.58. The SMILES string of the molecule is CC[C@H](CO)NC(=O)Cc1ccc(C#N)cc1. The number of nitrogens with zero attached hydrogens (tertiary/aromatic N) is 1. The lowest BCUT2D eigenvalue weighted by atomic mass is 10.1. The van der Waals surface area contributed by atoms with Gasteiger partial charge in [-0.05, 0) is 24.1 Å². The first-order chi connectivity index (χ1) is 8.19. The molecule has 0 aliphatic heterocycles. The molecule has 2 N–H and O–H groups in total. The summed E-state index contributed by atoms with van der Waals surface area (Å²) in [5.74, 6) is -0.115. The molecule has 4 heteroatoms. The standard InChI is InChI=1S/C13H16N2O2/c1-2-12(9-16)15-13(17)7-10-3-5-11(8-14)6-4-10/h3-6,12,16H,2,7,9H2,1H3,(H,15,17)/t12-/m1/s1. The third-order valence-corrected chi connectivity index (χ3v) is 2.53. The predicted molar refractivity (Wildman–Crippen MR) is 64.2 cm³/mol. The van der Waals surface area contributed by atoms with Gasteiger partial charge in [-0.2, -0.15) is 5.26 Å². The molecule has 90 valence electrons. The number of hydrogen-bond acceptors (Lipinski definition) is 3. The molecule has 0 spiro atoms. The third-order valence-electron chi connectivity index (χ3n) is 2.53. The molecule has 4 nitrogen and oxygen atoms in total. The van der Waals surface area contributed by atoms with E-state index >= 15 is 0 Å². The summed E-state index contributed by atoms with van der Waals surface area (Å²) in [5, 5.41) is 20.3. The van der Waals surface area contributed by atoms with E-state index in [1.54, 1.807) is 24.3 Å². The minimum atomic E-state index is -0.180. The molecule has 0 aromatic heterocycles. The highest BCUT2D eigenvalue weighted by atomic mass is 16.3. The van der Waals surface area contributed by atoms with Crippen LogP contribution in [0.3, 0.4) is 0 Å². The van der Waals surface area contributed by atoms with Crippen LogP contribution in [-0.4, -0.2) is 23.7 Å². The van der Waals surface area contributed by atoms with Gasteiger partial charge in [0.25, 0.3) is 0 Å². The minimum Gasteiger partial charge on any atom is -0.394 e. The van der Waals surface area contributed by atoms with Crippen LogP contribution in [0.15, 0.2) is 24.3 Å². The van der Waals surface area contributed by atoms with Gasteiger partial charge >= 0.3 is 0 Å². The van der Waals surface area contributed by atoms with Gasteiger partial charge in [-0.1, -0.05) is 19.1 Å². The highest BCUT2D eigenvalue weighted by Gasteiger charge is 2.09. The number of carbonyl (C=O) groups is 1. The third kappa shape index (κ3) is 4.25. The van der Waals surface area contributed by atoms with Gasteiger partial charge < -0.3 is 10.4 Å². The number of nitriles is 1. The van der Waals surface area contributed by atoms with E-state index in [0.29, 0.717) is 12.0 Å². The summed E-state index contributed by atoms with van der Waals surface area (Å²) in [7, 11) is 0. The van der Waals surface area contributed by atoms with Crippen LogP contribution in [0.4, 0.5) is 0 Å². The van der Waals surface area contributed by atoms with E-state index in [4.69, 9.17) is 10.4 Å². The van der Waals surface area contributed by atoms with Crippen molar-refractivity contribution < 1.29 is 9.90 Å². The highest BCUT2D eigenvalue weighted by Crippen LogP contribution is 2.04. The van der Waals surface area contributed by atoms with Crippen molar-refractivity contribution in [3.05, 3.63) is 35.4 Å². The van der Waals surface area contributed by atoms with Crippen molar-refractivity contribution in [3.63, 3.8) is 0 Å². The van der Waals surface area contributed by atoms with Gasteiger partial charge in [-0.15, -0.1) is 0 Å². The molecule has 0 heterocycles. The van der Waals surface area contributed by atoms with Crippen molar-refractivity contribution in [1.82, 2.24) is 5.32 Å². The van der Waals surface area contributed by atoms with Gasteiger partial charge in [0, 0.05) is 0 Å². The fraction of sp³-hybridized carbons (Fsp3) is 0.385. The Kier molecular flexibility index (Phi) is 5.18. The van der Waals surface area contributed by atoms with Crippen molar-refractivity contribution in [2.45, 2.75) is 25.8 Å². The van der Waals surface area contributed by atoms with Crippen molar-refractivity contribution in [2.75, 3.05) is 6.61 Å². The largest absolute Gasteiger partial charge is 0.394 e. The maximum Gasteiger partial charge on any atom is 0.224 e. The highest BCUT2D eigenvalue weighted by molar-refractivity contribution is 5.78. The summed E-state index contributed by atoms with van der Waals surface area (Å²) in [4.78, 5) is 11.6. The van der Waals surface area contributed by atoms with Crippen molar-refractivity contribution in [2.24, 2.45) is 0 Å². The van der Waals surface area contributed by atoms with E-state index < -0.39 is 0 Å². The van der Waals surface area contributed by atoms with Crippen LogP contribution >= 0.6 is 0 Å². The first kappa shape index (κ1) is 13.2. The van der Waals surface area contributed by atoms with Crippen molar-refractivity contribution in [3.8, 4) is 6.07 Å². The number of carbonyl (C=O) groups excluding carboxylic acids is 1. The molecule has 17 heavy (non-hydrogen) atoms. The number of hydrogen-bond donors (Lipinski definition) is 2. The summed E-state index contributed by atoms with van der Waals surface area (Å²) < 4.78 is 0. The number of amides is 1. The Hall–Kier alpha value is -1.86. The zero-order chi connectivity index (χ0) is 12.7. The summed E-state index contributed by atoms with van der Waals surface area (Å²) in [5.41, 5.74) is 1.44. The zero-order valence-electron chi connectivity index (χ0n) is 9.81. The van der Waals surface area contributed by atoms with Crippen LogP contribution < -0.4 is 5.32 Å². The lowest BCUT2D eigenvalue weighted by Gasteiger charge is -2.13. The quantitative estimate of drug-likeness (QED) is 0.795. The van der Waals surface area contributed by atoms with Crippen LogP contribution in [-0.2, 0) is 11.2 Å². The maximum atomic E-state index is 11.6. The van der Waals surface area contributed by atoms with Gasteiger partial charge in [-0.3, -0.25) is 4.79 Å². The Morgan fingerprint density at radius 3 is 2.59 bits per heavy atom. The Bertz CT molecular complexity index is 402. The van der Waals surface area contributed by atoms with Crippen molar-refractivity contribution in [1.29, 1.82) is 5.26 Å². The summed E-state index contributed by atoms with van der Waals surface area (Å²) in [6, 6.07) is 8.74. The van der Waals surface area contributed by atoms with Crippen LogP contribution in [0, 0.1) is 11.3 Å². The number of nitrogens with one attached hydrogen (secondary N) is 1. The smallest absolute Gasteiger partial charge is 0.224 e.